The van der Waals surface area contributed by atoms with Crippen LogP contribution in [0.15, 0.2) is 36.4 Å². The van der Waals surface area contributed by atoms with Crippen LogP contribution < -0.4 is 0 Å². The Labute approximate surface area is 180 Å². The van der Waals surface area contributed by atoms with Gasteiger partial charge in [-0.3, -0.25) is 4.79 Å². The van der Waals surface area contributed by atoms with Gasteiger partial charge in [-0.15, -0.1) is 0 Å². The number of carbonyl (C=O) groups is 1. The van der Waals surface area contributed by atoms with Crippen molar-refractivity contribution in [3.63, 3.8) is 0 Å². The average molecular weight is 413 g/mol. The zero-order valence-electron chi connectivity index (χ0n) is 18.4. The second kappa shape index (κ2) is 12.3. The van der Waals surface area contributed by atoms with Crippen LogP contribution in [0, 0.1) is 0 Å². The van der Waals surface area contributed by atoms with E-state index in [0.29, 0.717) is 5.56 Å². The molecule has 0 radical (unpaired) electrons. The first kappa shape index (κ1) is 23.8. The van der Waals surface area contributed by atoms with Gasteiger partial charge in [0.25, 0.3) is 0 Å². The van der Waals surface area contributed by atoms with Gasteiger partial charge in [0.05, 0.1) is 5.56 Å². The summed E-state index contributed by atoms with van der Waals surface area (Å²) in [6.45, 7) is 3.93. The Morgan fingerprint density at radius 1 is 0.800 bits per heavy atom. The van der Waals surface area contributed by atoms with E-state index in [1.165, 1.54) is 38.5 Å². The normalized spacial score (nSPS) is 12.1. The highest BCUT2D eigenvalue weighted by Gasteiger charge is 2.25. The number of phenols is 3. The summed E-state index contributed by atoms with van der Waals surface area (Å²) in [7, 11) is 0. The van der Waals surface area contributed by atoms with E-state index in [1.54, 1.807) is 13.0 Å². The number of ketones is 1. The number of hydrogen-bond donors (Lipinski definition) is 3. The van der Waals surface area contributed by atoms with Gasteiger partial charge >= 0.3 is 0 Å². The van der Waals surface area contributed by atoms with E-state index < -0.39 is 11.5 Å². The fourth-order valence-corrected chi connectivity index (χ4v) is 4.01. The number of carbonyl (C=O) groups excluding carboxylic acids is 1. The van der Waals surface area contributed by atoms with Crippen molar-refractivity contribution in [1.82, 2.24) is 0 Å². The van der Waals surface area contributed by atoms with E-state index in [9.17, 15) is 20.1 Å². The molecule has 2 rings (SSSR count). The van der Waals surface area contributed by atoms with Crippen molar-refractivity contribution in [2.75, 3.05) is 0 Å². The lowest BCUT2D eigenvalue weighted by molar-refractivity contribution is 0.0984. The molecule has 0 aliphatic heterocycles. The van der Waals surface area contributed by atoms with Crippen LogP contribution >= 0.6 is 0 Å². The summed E-state index contributed by atoms with van der Waals surface area (Å²) in [6, 6.07) is 11.4. The fraction of sp³-hybridized carbons (Fsp3) is 0.500. The first-order chi connectivity index (χ1) is 14.5. The molecule has 0 saturated carbocycles. The zero-order valence-corrected chi connectivity index (χ0v) is 18.4. The molecule has 0 heterocycles. The number of benzene rings is 2. The number of hydrogen-bond acceptors (Lipinski definition) is 4. The van der Waals surface area contributed by atoms with Gasteiger partial charge in [0.15, 0.2) is 17.3 Å². The van der Waals surface area contributed by atoms with Gasteiger partial charge in [0.2, 0.25) is 5.75 Å². The maximum Gasteiger partial charge on any atom is 0.201 e. The summed E-state index contributed by atoms with van der Waals surface area (Å²) in [4.78, 5) is 12.3. The number of Topliss-reactive ketones (excluding diaryl/α,β-unsaturated/α-hetero) is 1. The number of rotatable bonds is 13. The summed E-state index contributed by atoms with van der Waals surface area (Å²) in [6.07, 6.45) is 10.7. The zero-order chi connectivity index (χ0) is 21.9. The van der Waals surface area contributed by atoms with Crippen LogP contribution in [-0.4, -0.2) is 21.1 Å². The van der Waals surface area contributed by atoms with Crippen molar-refractivity contribution in [1.29, 1.82) is 0 Å². The lowest BCUT2D eigenvalue weighted by atomic mass is 9.84. The molecular weight excluding hydrogens is 376 g/mol. The van der Waals surface area contributed by atoms with E-state index >= 15 is 0 Å². The quantitative estimate of drug-likeness (QED) is 0.187. The third-order valence-electron chi connectivity index (χ3n) is 5.82. The molecule has 0 spiro atoms. The van der Waals surface area contributed by atoms with Crippen LogP contribution in [0.2, 0.25) is 0 Å². The first-order valence-corrected chi connectivity index (χ1v) is 11.4. The summed E-state index contributed by atoms with van der Waals surface area (Å²) in [5.74, 6) is -1.90. The molecule has 164 valence electrons. The molecule has 0 aliphatic carbocycles. The van der Waals surface area contributed by atoms with Crippen LogP contribution in [0.5, 0.6) is 17.2 Å². The summed E-state index contributed by atoms with van der Waals surface area (Å²) >= 11 is 0. The Morgan fingerprint density at radius 3 is 2.00 bits per heavy atom. The van der Waals surface area contributed by atoms with Crippen LogP contribution in [0.3, 0.4) is 0 Å². The molecule has 1 atom stereocenters. The average Bonchev–Trinajstić information content (AvgIpc) is 2.77. The molecule has 4 nitrogen and oxygen atoms in total. The first-order valence-electron chi connectivity index (χ1n) is 11.4. The summed E-state index contributed by atoms with van der Waals surface area (Å²) in [5, 5.41) is 31.0. The van der Waals surface area contributed by atoms with Crippen molar-refractivity contribution in [2.45, 2.75) is 84.0 Å². The maximum absolute atomic E-state index is 12.3. The van der Waals surface area contributed by atoms with Crippen molar-refractivity contribution >= 4 is 5.78 Å². The smallest absolute Gasteiger partial charge is 0.201 e. The minimum absolute atomic E-state index is 0.0691. The van der Waals surface area contributed by atoms with E-state index in [1.807, 2.05) is 30.3 Å². The van der Waals surface area contributed by atoms with Crippen molar-refractivity contribution in [2.24, 2.45) is 0 Å². The molecule has 2 aromatic rings. The molecule has 0 amide bonds. The van der Waals surface area contributed by atoms with Gasteiger partial charge < -0.3 is 15.3 Å². The molecule has 0 aromatic heterocycles. The molecule has 0 aliphatic rings. The Balaban J connectivity index is 2.20. The topological polar surface area (TPSA) is 77.8 Å². The molecular formula is C26H36O4. The lowest BCUT2D eigenvalue weighted by Crippen LogP contribution is -2.06. The molecule has 4 heteroatoms. The van der Waals surface area contributed by atoms with Gasteiger partial charge in [-0.2, -0.15) is 0 Å². The lowest BCUT2D eigenvalue weighted by Gasteiger charge is -2.21. The molecule has 3 N–H and O–H groups in total. The largest absolute Gasteiger partial charge is 0.504 e. The fourth-order valence-electron chi connectivity index (χ4n) is 4.01. The van der Waals surface area contributed by atoms with Crippen LogP contribution in [-0.2, 0) is 0 Å². The second-order valence-corrected chi connectivity index (χ2v) is 8.06. The maximum atomic E-state index is 12.3. The van der Waals surface area contributed by atoms with Gasteiger partial charge in [0.1, 0.15) is 0 Å². The Morgan fingerprint density at radius 2 is 1.40 bits per heavy atom. The van der Waals surface area contributed by atoms with E-state index in [-0.39, 0.29) is 29.4 Å². The predicted octanol–water partition coefficient (Wildman–Crippen LogP) is 7.06. The van der Waals surface area contributed by atoms with Gasteiger partial charge in [0, 0.05) is 17.9 Å². The van der Waals surface area contributed by atoms with Crippen molar-refractivity contribution in [3.05, 3.63) is 53.1 Å². The van der Waals surface area contributed by atoms with E-state index in [2.05, 4.69) is 6.92 Å². The van der Waals surface area contributed by atoms with Crippen molar-refractivity contribution in [3.8, 4) is 17.2 Å². The van der Waals surface area contributed by atoms with Gasteiger partial charge in [-0.25, -0.2) is 0 Å². The Bertz CT molecular complexity index is 798. The highest BCUT2D eigenvalue weighted by Crippen LogP contribution is 2.46. The summed E-state index contributed by atoms with van der Waals surface area (Å²) in [5.41, 5.74) is 1.59. The number of phenolic OH excluding ortho intramolecular Hbond substituents is 3. The third kappa shape index (κ3) is 6.25. The summed E-state index contributed by atoms with van der Waals surface area (Å²) < 4.78 is 0. The highest BCUT2D eigenvalue weighted by molar-refractivity contribution is 6.00. The van der Waals surface area contributed by atoms with Crippen LogP contribution in [0.4, 0.5) is 0 Å². The van der Waals surface area contributed by atoms with E-state index in [4.69, 9.17) is 0 Å². The molecule has 0 saturated heterocycles. The van der Waals surface area contributed by atoms with Gasteiger partial charge in [-0.1, -0.05) is 95.5 Å². The standard InChI is InChI=1S/C26H36O4/c1-3-5-6-7-8-9-10-14-17-20(19-15-12-11-13-16-19)21-18-22(23(27)4-2)25(29)26(30)24(21)28/h11-13,15-16,18,20,28-30H,3-10,14,17H2,1-2H3. The highest BCUT2D eigenvalue weighted by atomic mass is 16.3. The predicted molar refractivity (Wildman–Crippen MR) is 122 cm³/mol. The second-order valence-electron chi connectivity index (χ2n) is 8.06. The number of unbranched alkanes of at least 4 members (excludes halogenated alkanes) is 7. The molecule has 0 bridgehead atoms. The number of aromatic hydroxyl groups is 3. The molecule has 2 aromatic carbocycles. The van der Waals surface area contributed by atoms with E-state index in [0.717, 1.165) is 24.8 Å². The molecule has 30 heavy (non-hydrogen) atoms. The SMILES string of the molecule is CCCCCCCCCCC(c1ccccc1)c1cc(C(=O)CC)c(O)c(O)c1O. The minimum Gasteiger partial charge on any atom is -0.504 e. The third-order valence-corrected chi connectivity index (χ3v) is 5.82. The van der Waals surface area contributed by atoms with Crippen LogP contribution in [0.1, 0.15) is 105 Å². The monoisotopic (exact) mass is 412 g/mol. The Kier molecular flexibility index (Phi) is 9.72. The minimum atomic E-state index is -0.610. The van der Waals surface area contributed by atoms with Gasteiger partial charge in [-0.05, 0) is 18.1 Å². The Hall–Kier alpha value is -2.49. The molecule has 1 unspecified atom stereocenters. The van der Waals surface area contributed by atoms with Crippen LogP contribution in [0.25, 0.3) is 0 Å². The molecule has 0 fully saturated rings. The van der Waals surface area contributed by atoms with Crippen molar-refractivity contribution < 1.29 is 20.1 Å².